The van der Waals surface area contributed by atoms with Gasteiger partial charge in [-0.3, -0.25) is 0 Å². The predicted molar refractivity (Wildman–Crippen MR) is 55.7 cm³/mol. The highest BCUT2D eigenvalue weighted by Crippen LogP contribution is 1.99. The summed E-state index contributed by atoms with van der Waals surface area (Å²) in [4.78, 5) is 0. The van der Waals surface area contributed by atoms with Gasteiger partial charge in [0.1, 0.15) is 0 Å². The van der Waals surface area contributed by atoms with Gasteiger partial charge in [0.25, 0.3) is 0 Å². The van der Waals surface area contributed by atoms with Gasteiger partial charge in [-0.2, -0.15) is 0 Å². The largest absolute Gasteiger partial charge is 0.109 e. The fourth-order valence-electron chi connectivity index (χ4n) is 0.415. The van der Waals surface area contributed by atoms with E-state index in [1.54, 1.807) is 0 Å². The third-order valence-electron chi connectivity index (χ3n) is 0.733. The number of rotatable bonds is 0. The van der Waals surface area contributed by atoms with Crippen molar-refractivity contribution in [1.29, 1.82) is 0 Å². The van der Waals surface area contributed by atoms with Crippen molar-refractivity contribution in [1.82, 2.24) is 0 Å². The Labute approximate surface area is 84.7 Å². The second-order valence-corrected chi connectivity index (χ2v) is 3.45. The quantitative estimate of drug-likeness (QED) is 0.504. The van der Waals surface area contributed by atoms with Gasteiger partial charge < -0.3 is 0 Å². The molecule has 0 spiro atoms. The molecule has 1 rings (SSSR count). The zero-order valence-corrected chi connectivity index (χ0v) is 8.90. The van der Waals surface area contributed by atoms with Crippen LogP contribution in [0.1, 0.15) is 0 Å². The van der Waals surface area contributed by atoms with Crippen LogP contribution in [-0.4, -0.2) is 5.34 Å². The minimum Gasteiger partial charge on any atom is -0.109 e. The van der Waals surface area contributed by atoms with Crippen LogP contribution in [0.4, 0.5) is 0 Å². The van der Waals surface area contributed by atoms with E-state index in [9.17, 15) is 0 Å². The number of benzene rings is 1. The fourth-order valence-corrected chi connectivity index (χ4v) is 0.830. The van der Waals surface area contributed by atoms with Crippen LogP contribution in [0.3, 0.4) is 0 Å². The molecule has 0 saturated carbocycles. The normalized spacial score (nSPS) is 7.90. The monoisotopic (exact) mass is 288 g/mol. The summed E-state index contributed by atoms with van der Waals surface area (Å²) in [6.07, 6.45) is 0. The van der Waals surface area contributed by atoms with Gasteiger partial charge in [0, 0.05) is 3.57 Å². The Hall–Kier alpha value is 0.530. The number of hydrogen-bond donors (Lipinski definition) is 0. The molecule has 0 saturated heterocycles. The van der Waals surface area contributed by atoms with E-state index >= 15 is 0 Å². The van der Waals surface area contributed by atoms with Crippen LogP contribution in [0.5, 0.6) is 0 Å². The molecule has 0 heterocycles. The highest BCUT2D eigenvalue weighted by molar-refractivity contribution is 14.1. The molecule has 0 radical (unpaired) electrons. The van der Waals surface area contributed by atoms with Gasteiger partial charge >= 0.3 is 0 Å². The first-order valence-electron chi connectivity index (χ1n) is 2.63. The fraction of sp³-hybridized carbons (Fsp3) is 0.143. The van der Waals surface area contributed by atoms with Crippen molar-refractivity contribution in [2.24, 2.45) is 0 Å². The van der Waals surface area contributed by atoms with Gasteiger partial charge in [0.2, 0.25) is 0 Å². The van der Waals surface area contributed by atoms with Crippen molar-refractivity contribution < 1.29 is 0 Å². The molecule has 0 bridgehead atoms. The predicted octanol–water partition coefficient (Wildman–Crippen LogP) is 3.71. The summed E-state index contributed by atoms with van der Waals surface area (Å²) in [7, 11) is 0. The summed E-state index contributed by atoms with van der Waals surface area (Å²) < 4.78 is 1.29. The molecule has 0 aliphatic rings. The average molecular weight is 289 g/mol. The lowest BCUT2D eigenvalue weighted by Gasteiger charge is -1.80. The summed E-state index contributed by atoms with van der Waals surface area (Å²) in [6, 6.07) is 10.2. The zero-order valence-electron chi connectivity index (χ0n) is 5.23. The van der Waals surface area contributed by atoms with Crippen LogP contribution < -0.4 is 0 Å². The van der Waals surface area contributed by atoms with Crippen molar-refractivity contribution in [3.63, 3.8) is 0 Å². The highest BCUT2D eigenvalue weighted by atomic mass is 127. The molecule has 0 amide bonds. The minimum absolute atomic E-state index is 0.194. The Morgan fingerprint density at radius 2 is 1.50 bits per heavy atom. The Balaban J connectivity index is 0.000000236. The second kappa shape index (κ2) is 7.63. The molecule has 10 heavy (non-hydrogen) atoms. The first-order valence-corrected chi connectivity index (χ1v) is 4.78. The van der Waals surface area contributed by atoms with Crippen molar-refractivity contribution in [2.75, 3.05) is 5.34 Å². The molecule has 0 nitrogen and oxygen atoms in total. The van der Waals surface area contributed by atoms with Gasteiger partial charge in [-0.05, 0) is 34.7 Å². The summed E-state index contributed by atoms with van der Waals surface area (Å²) in [6.45, 7) is 0. The molecule has 1 aromatic carbocycles. The maximum atomic E-state index is 4.76. The molecule has 3 heteroatoms. The average Bonchev–Trinajstić information content (AvgIpc) is 1.91. The van der Waals surface area contributed by atoms with E-state index in [1.165, 1.54) is 3.57 Å². The first-order chi connectivity index (χ1) is 4.81. The SMILES string of the molecule is ClCCl.Ic1ccccc1. The lowest BCUT2D eigenvalue weighted by Crippen LogP contribution is -1.61. The standard InChI is InChI=1S/C6H5I.CH2Cl2/c7-6-4-2-1-3-5-6;2-1-3/h1-5H;1H2. The summed E-state index contributed by atoms with van der Waals surface area (Å²) >= 11 is 11.8. The minimum atomic E-state index is 0.194. The first kappa shape index (κ1) is 10.5. The molecule has 0 aliphatic heterocycles. The number of alkyl halides is 2. The van der Waals surface area contributed by atoms with E-state index in [0.29, 0.717) is 0 Å². The van der Waals surface area contributed by atoms with Crippen LogP contribution in [0.25, 0.3) is 0 Å². The van der Waals surface area contributed by atoms with Gasteiger partial charge in [0.05, 0.1) is 5.34 Å². The zero-order chi connectivity index (χ0) is 7.82. The molecule has 1 aromatic rings. The van der Waals surface area contributed by atoms with Gasteiger partial charge in [0.15, 0.2) is 0 Å². The lowest BCUT2D eigenvalue weighted by molar-refractivity contribution is 1.65. The van der Waals surface area contributed by atoms with E-state index < -0.39 is 0 Å². The van der Waals surface area contributed by atoms with E-state index in [1.807, 2.05) is 18.2 Å². The summed E-state index contributed by atoms with van der Waals surface area (Å²) in [5, 5.41) is 0.194. The van der Waals surface area contributed by atoms with Crippen molar-refractivity contribution in [3.8, 4) is 0 Å². The van der Waals surface area contributed by atoms with Crippen LogP contribution in [0.15, 0.2) is 30.3 Å². The molecule has 0 aliphatic carbocycles. The van der Waals surface area contributed by atoms with E-state index in [-0.39, 0.29) is 5.34 Å². The summed E-state index contributed by atoms with van der Waals surface area (Å²) in [5.74, 6) is 0. The highest BCUT2D eigenvalue weighted by Gasteiger charge is 1.74. The molecule has 0 N–H and O–H groups in total. The van der Waals surface area contributed by atoms with Gasteiger partial charge in [-0.15, -0.1) is 23.2 Å². The molecule has 0 atom stereocenters. The van der Waals surface area contributed by atoms with Crippen molar-refractivity contribution in [2.45, 2.75) is 0 Å². The van der Waals surface area contributed by atoms with Crippen molar-refractivity contribution >= 4 is 45.8 Å². The van der Waals surface area contributed by atoms with E-state index in [0.717, 1.165) is 0 Å². The van der Waals surface area contributed by atoms with Gasteiger partial charge in [-0.25, -0.2) is 0 Å². The molecule has 0 fully saturated rings. The second-order valence-electron chi connectivity index (χ2n) is 1.40. The summed E-state index contributed by atoms with van der Waals surface area (Å²) in [5.41, 5.74) is 0. The Morgan fingerprint density at radius 1 is 1.10 bits per heavy atom. The van der Waals surface area contributed by atoms with E-state index in [2.05, 4.69) is 34.7 Å². The van der Waals surface area contributed by atoms with Crippen LogP contribution in [-0.2, 0) is 0 Å². The molecular weight excluding hydrogens is 282 g/mol. The Morgan fingerprint density at radius 3 is 1.70 bits per heavy atom. The molecule has 0 aromatic heterocycles. The molecular formula is C7H7Cl2I. The number of halogens is 3. The maximum Gasteiger partial charge on any atom is 0.0967 e. The maximum absolute atomic E-state index is 4.76. The third-order valence-corrected chi connectivity index (χ3v) is 1.45. The van der Waals surface area contributed by atoms with Crippen LogP contribution >= 0.6 is 45.8 Å². The molecule has 0 unspecified atom stereocenters. The van der Waals surface area contributed by atoms with Crippen LogP contribution in [0, 0.1) is 3.57 Å². The Kier molecular flexibility index (Phi) is 8.04. The smallest absolute Gasteiger partial charge is 0.0967 e. The lowest BCUT2D eigenvalue weighted by atomic mass is 10.4. The van der Waals surface area contributed by atoms with Crippen molar-refractivity contribution in [3.05, 3.63) is 33.9 Å². The van der Waals surface area contributed by atoms with Gasteiger partial charge in [-0.1, -0.05) is 18.2 Å². The molecule has 56 valence electrons. The third kappa shape index (κ3) is 6.65. The number of hydrogen-bond acceptors (Lipinski definition) is 0. The van der Waals surface area contributed by atoms with E-state index in [4.69, 9.17) is 23.2 Å². The van der Waals surface area contributed by atoms with Crippen LogP contribution in [0.2, 0.25) is 0 Å². The topological polar surface area (TPSA) is 0 Å². The Bertz CT molecular complexity index is 153.